The van der Waals surface area contributed by atoms with Crippen molar-refractivity contribution >= 4 is 11.9 Å². The molecular formula is C14H17N3O2. The molecule has 0 saturated heterocycles. The third kappa shape index (κ3) is 4.46. The second-order valence-corrected chi connectivity index (χ2v) is 4.30. The van der Waals surface area contributed by atoms with E-state index in [0.29, 0.717) is 12.4 Å². The van der Waals surface area contributed by atoms with E-state index >= 15 is 0 Å². The van der Waals surface area contributed by atoms with E-state index in [-0.39, 0.29) is 6.03 Å². The number of carbonyl (C=O) groups excluding carboxylic acids is 1. The van der Waals surface area contributed by atoms with E-state index in [0.717, 1.165) is 18.5 Å². The number of benzene rings is 1. The van der Waals surface area contributed by atoms with E-state index in [1.54, 1.807) is 13.0 Å². The highest BCUT2D eigenvalue weighted by Crippen LogP contribution is 2.07. The number of hydrogen-bond acceptors (Lipinski definition) is 3. The van der Waals surface area contributed by atoms with Crippen LogP contribution >= 0.6 is 0 Å². The zero-order chi connectivity index (χ0) is 13.5. The molecule has 1 aromatic heterocycles. The number of urea groups is 1. The van der Waals surface area contributed by atoms with Crippen LogP contribution in [0.5, 0.6) is 0 Å². The minimum Gasteiger partial charge on any atom is -0.338 e. The van der Waals surface area contributed by atoms with Gasteiger partial charge in [-0.15, -0.1) is 0 Å². The Morgan fingerprint density at radius 2 is 2.11 bits per heavy atom. The van der Waals surface area contributed by atoms with Crippen LogP contribution in [0.25, 0.3) is 0 Å². The summed E-state index contributed by atoms with van der Waals surface area (Å²) in [6, 6.07) is 11.6. The Bertz CT molecular complexity index is 522. The largest absolute Gasteiger partial charge is 0.338 e. The molecule has 5 nitrogen and oxygen atoms in total. The molecule has 0 aliphatic heterocycles. The Morgan fingerprint density at radius 3 is 2.79 bits per heavy atom. The molecule has 5 heteroatoms. The van der Waals surface area contributed by atoms with E-state index in [1.165, 1.54) is 5.56 Å². The fourth-order valence-corrected chi connectivity index (χ4v) is 1.72. The van der Waals surface area contributed by atoms with Gasteiger partial charge >= 0.3 is 6.03 Å². The Hall–Kier alpha value is -2.30. The lowest BCUT2D eigenvalue weighted by molar-refractivity contribution is 0.251. The molecule has 0 saturated carbocycles. The monoisotopic (exact) mass is 259 g/mol. The molecule has 0 bridgehead atoms. The van der Waals surface area contributed by atoms with Crippen molar-refractivity contribution in [3.63, 3.8) is 0 Å². The number of anilines is 1. The van der Waals surface area contributed by atoms with Crippen LogP contribution in [0.15, 0.2) is 40.9 Å². The second kappa shape index (κ2) is 6.58. The topological polar surface area (TPSA) is 67.2 Å². The molecule has 2 aromatic rings. The molecule has 0 unspecified atom stereocenters. The minimum absolute atomic E-state index is 0.274. The van der Waals surface area contributed by atoms with Gasteiger partial charge in [0.2, 0.25) is 5.88 Å². The van der Waals surface area contributed by atoms with Crippen molar-refractivity contribution in [2.45, 2.75) is 19.8 Å². The number of nitrogens with zero attached hydrogens (tertiary/aromatic N) is 1. The molecule has 2 amide bonds. The smallest absolute Gasteiger partial charge is 0.321 e. The first-order valence-electron chi connectivity index (χ1n) is 6.26. The van der Waals surface area contributed by atoms with Crippen LogP contribution in [0.4, 0.5) is 10.7 Å². The molecule has 0 aliphatic rings. The van der Waals surface area contributed by atoms with Gasteiger partial charge in [-0.05, 0) is 25.3 Å². The van der Waals surface area contributed by atoms with E-state index in [2.05, 4.69) is 27.9 Å². The highest BCUT2D eigenvalue weighted by molar-refractivity contribution is 5.87. The zero-order valence-electron chi connectivity index (χ0n) is 10.8. The first-order valence-corrected chi connectivity index (χ1v) is 6.26. The maximum absolute atomic E-state index is 11.5. The molecule has 0 atom stereocenters. The summed E-state index contributed by atoms with van der Waals surface area (Å²) in [7, 11) is 0. The van der Waals surface area contributed by atoms with E-state index < -0.39 is 0 Å². The van der Waals surface area contributed by atoms with Crippen molar-refractivity contribution in [1.82, 2.24) is 10.5 Å². The zero-order valence-corrected chi connectivity index (χ0v) is 10.8. The summed E-state index contributed by atoms with van der Waals surface area (Å²) in [6.45, 7) is 2.42. The molecule has 0 radical (unpaired) electrons. The molecule has 100 valence electrons. The SMILES string of the molecule is Cc1cc(NC(=O)NCCCc2ccccc2)on1. The molecule has 0 aliphatic carbocycles. The minimum atomic E-state index is -0.274. The van der Waals surface area contributed by atoms with Gasteiger partial charge in [-0.2, -0.15) is 0 Å². The van der Waals surface area contributed by atoms with Gasteiger partial charge in [0.25, 0.3) is 0 Å². The van der Waals surface area contributed by atoms with Gasteiger partial charge in [-0.1, -0.05) is 35.5 Å². The van der Waals surface area contributed by atoms with Crippen molar-refractivity contribution < 1.29 is 9.32 Å². The van der Waals surface area contributed by atoms with Crippen molar-refractivity contribution in [3.8, 4) is 0 Å². The van der Waals surface area contributed by atoms with Crippen molar-refractivity contribution in [3.05, 3.63) is 47.7 Å². The summed E-state index contributed by atoms with van der Waals surface area (Å²) in [5.41, 5.74) is 2.01. The van der Waals surface area contributed by atoms with Gasteiger partial charge in [0, 0.05) is 12.6 Å². The maximum Gasteiger partial charge on any atom is 0.321 e. The highest BCUT2D eigenvalue weighted by Gasteiger charge is 2.05. The molecule has 1 aromatic carbocycles. The van der Waals surface area contributed by atoms with Gasteiger partial charge in [-0.25, -0.2) is 4.79 Å². The highest BCUT2D eigenvalue weighted by atomic mass is 16.5. The van der Waals surface area contributed by atoms with Gasteiger partial charge < -0.3 is 9.84 Å². The normalized spacial score (nSPS) is 10.2. The van der Waals surface area contributed by atoms with Gasteiger partial charge in [-0.3, -0.25) is 5.32 Å². The quantitative estimate of drug-likeness (QED) is 0.811. The Kier molecular flexibility index (Phi) is 4.55. The van der Waals surface area contributed by atoms with E-state index in [9.17, 15) is 4.79 Å². The summed E-state index contributed by atoms with van der Waals surface area (Å²) in [6.07, 6.45) is 1.84. The van der Waals surface area contributed by atoms with E-state index in [4.69, 9.17) is 4.52 Å². The molecule has 2 N–H and O–H groups in total. The molecular weight excluding hydrogens is 242 g/mol. The van der Waals surface area contributed by atoms with E-state index in [1.807, 2.05) is 18.2 Å². The third-order valence-corrected chi connectivity index (χ3v) is 2.64. The van der Waals surface area contributed by atoms with Crippen LogP contribution in [-0.4, -0.2) is 17.7 Å². The lowest BCUT2D eigenvalue weighted by Gasteiger charge is -2.05. The predicted octanol–water partition coefficient (Wildman–Crippen LogP) is 2.74. The van der Waals surface area contributed by atoms with Crippen molar-refractivity contribution in [2.75, 3.05) is 11.9 Å². The average molecular weight is 259 g/mol. The Balaban J connectivity index is 1.64. The van der Waals surface area contributed by atoms with Crippen LogP contribution in [0, 0.1) is 6.92 Å². The Morgan fingerprint density at radius 1 is 1.32 bits per heavy atom. The average Bonchev–Trinajstić information content (AvgIpc) is 2.81. The number of amides is 2. The first-order chi connectivity index (χ1) is 9.24. The number of carbonyl (C=O) groups is 1. The summed E-state index contributed by atoms with van der Waals surface area (Å²) >= 11 is 0. The van der Waals surface area contributed by atoms with Crippen LogP contribution in [0.3, 0.4) is 0 Å². The van der Waals surface area contributed by atoms with Crippen molar-refractivity contribution in [2.24, 2.45) is 0 Å². The molecule has 1 heterocycles. The standard InChI is InChI=1S/C14H17N3O2/c1-11-10-13(19-17-11)16-14(18)15-9-5-8-12-6-3-2-4-7-12/h2-4,6-7,10H,5,8-9H2,1H3,(H2,15,16,18). The second-order valence-electron chi connectivity index (χ2n) is 4.30. The summed E-state index contributed by atoms with van der Waals surface area (Å²) in [5.74, 6) is 0.359. The summed E-state index contributed by atoms with van der Waals surface area (Å²) < 4.78 is 4.89. The van der Waals surface area contributed by atoms with Crippen LogP contribution < -0.4 is 10.6 Å². The lowest BCUT2D eigenvalue weighted by atomic mass is 10.1. The Labute approximate surface area is 112 Å². The summed E-state index contributed by atoms with van der Waals surface area (Å²) in [5, 5.41) is 9.04. The number of rotatable bonds is 5. The van der Waals surface area contributed by atoms with Crippen LogP contribution in [0.1, 0.15) is 17.7 Å². The van der Waals surface area contributed by atoms with Crippen molar-refractivity contribution in [1.29, 1.82) is 0 Å². The number of aryl methyl sites for hydroxylation is 2. The number of hydrogen-bond donors (Lipinski definition) is 2. The molecule has 2 rings (SSSR count). The van der Waals surface area contributed by atoms with Crippen LogP contribution in [-0.2, 0) is 6.42 Å². The fourth-order valence-electron chi connectivity index (χ4n) is 1.72. The van der Waals surface area contributed by atoms with Crippen LogP contribution in [0.2, 0.25) is 0 Å². The first kappa shape index (κ1) is 13.1. The third-order valence-electron chi connectivity index (χ3n) is 2.64. The summed E-state index contributed by atoms with van der Waals surface area (Å²) in [4.78, 5) is 11.5. The predicted molar refractivity (Wildman–Crippen MR) is 73.0 cm³/mol. The maximum atomic E-state index is 11.5. The van der Waals surface area contributed by atoms with Gasteiger partial charge in [0.05, 0.1) is 5.69 Å². The molecule has 0 spiro atoms. The number of aromatic nitrogens is 1. The number of nitrogens with one attached hydrogen (secondary N) is 2. The van der Waals surface area contributed by atoms with Gasteiger partial charge in [0.15, 0.2) is 0 Å². The fraction of sp³-hybridized carbons (Fsp3) is 0.286. The molecule has 19 heavy (non-hydrogen) atoms. The van der Waals surface area contributed by atoms with Gasteiger partial charge in [0.1, 0.15) is 0 Å². The molecule has 0 fully saturated rings. The lowest BCUT2D eigenvalue weighted by Crippen LogP contribution is -2.29.